The third-order valence-corrected chi connectivity index (χ3v) is 4.02. The Kier molecular flexibility index (Phi) is 4.61. The molecule has 1 aliphatic rings. The van der Waals surface area contributed by atoms with Gasteiger partial charge in [-0.15, -0.1) is 0 Å². The number of nitrogens with one attached hydrogen (secondary N) is 1. The largest absolute Gasteiger partial charge is 0.381 e. The molecule has 1 fully saturated rings. The molecular formula is C15H17ClN4O3. The lowest BCUT2D eigenvalue weighted by atomic mass is 9.90. The number of nitrogens with two attached hydrogens (primary N) is 1. The fraction of sp³-hybridized carbons (Fsp3) is 0.400. The molecule has 122 valence electrons. The van der Waals surface area contributed by atoms with Gasteiger partial charge in [0.15, 0.2) is 0 Å². The third kappa shape index (κ3) is 3.69. The Bertz CT molecular complexity index is 698. The molecule has 1 aromatic carbocycles. The van der Waals surface area contributed by atoms with Gasteiger partial charge in [-0.25, -0.2) is 0 Å². The summed E-state index contributed by atoms with van der Waals surface area (Å²) in [6.07, 6.45) is 0.993. The van der Waals surface area contributed by atoms with Crippen LogP contribution >= 0.6 is 11.6 Å². The predicted octanol–water partition coefficient (Wildman–Crippen LogP) is 1.51. The fourth-order valence-electron chi connectivity index (χ4n) is 2.37. The maximum atomic E-state index is 12.2. The lowest BCUT2D eigenvalue weighted by Crippen LogP contribution is -2.56. The summed E-state index contributed by atoms with van der Waals surface area (Å²) >= 11 is 5.94. The van der Waals surface area contributed by atoms with Crippen molar-refractivity contribution in [3.8, 4) is 11.4 Å². The summed E-state index contributed by atoms with van der Waals surface area (Å²) in [4.78, 5) is 16.5. The van der Waals surface area contributed by atoms with Crippen molar-refractivity contribution in [2.45, 2.75) is 24.9 Å². The minimum absolute atomic E-state index is 0.131. The molecule has 0 saturated carbocycles. The van der Waals surface area contributed by atoms with Crippen LogP contribution in [0.4, 0.5) is 0 Å². The first-order valence-electron chi connectivity index (χ1n) is 7.30. The maximum Gasteiger partial charge on any atom is 0.246 e. The summed E-state index contributed by atoms with van der Waals surface area (Å²) in [5, 5.41) is 7.22. The number of nitrogens with zero attached hydrogens (tertiary/aromatic N) is 2. The Labute approximate surface area is 138 Å². The predicted molar refractivity (Wildman–Crippen MR) is 83.6 cm³/mol. The van der Waals surface area contributed by atoms with Gasteiger partial charge in [-0.05, 0) is 25.0 Å². The van der Waals surface area contributed by atoms with Crippen LogP contribution in [0.5, 0.6) is 0 Å². The maximum absolute atomic E-state index is 12.2. The molecule has 7 nitrogen and oxygen atoms in total. The zero-order valence-corrected chi connectivity index (χ0v) is 13.2. The number of hydrogen-bond acceptors (Lipinski definition) is 6. The zero-order valence-electron chi connectivity index (χ0n) is 12.4. The van der Waals surface area contributed by atoms with Crippen molar-refractivity contribution in [2.24, 2.45) is 5.73 Å². The van der Waals surface area contributed by atoms with Crippen LogP contribution in [-0.4, -0.2) is 34.8 Å². The van der Waals surface area contributed by atoms with Crippen LogP contribution in [0.25, 0.3) is 11.4 Å². The van der Waals surface area contributed by atoms with Crippen LogP contribution in [0, 0.1) is 0 Å². The Hall–Kier alpha value is -1.96. The van der Waals surface area contributed by atoms with E-state index in [0.29, 0.717) is 42.8 Å². The van der Waals surface area contributed by atoms with E-state index < -0.39 is 5.54 Å². The Morgan fingerprint density at radius 2 is 2.17 bits per heavy atom. The number of rotatable bonds is 4. The number of carbonyl (C=O) groups is 1. The topological polar surface area (TPSA) is 103 Å². The number of aromatic nitrogens is 2. The summed E-state index contributed by atoms with van der Waals surface area (Å²) in [5.74, 6) is 0.498. The van der Waals surface area contributed by atoms with Gasteiger partial charge in [0.2, 0.25) is 17.6 Å². The second-order valence-corrected chi connectivity index (χ2v) is 5.91. The van der Waals surface area contributed by atoms with Gasteiger partial charge < -0.3 is 20.3 Å². The molecule has 1 saturated heterocycles. The van der Waals surface area contributed by atoms with Gasteiger partial charge in [-0.2, -0.15) is 4.98 Å². The van der Waals surface area contributed by atoms with Crippen molar-refractivity contribution in [2.75, 3.05) is 13.2 Å². The molecule has 0 unspecified atom stereocenters. The van der Waals surface area contributed by atoms with Gasteiger partial charge in [0.25, 0.3) is 0 Å². The van der Waals surface area contributed by atoms with Crippen LogP contribution in [0.2, 0.25) is 5.02 Å². The molecule has 0 radical (unpaired) electrons. The Balaban J connectivity index is 1.62. The van der Waals surface area contributed by atoms with E-state index in [1.54, 1.807) is 18.2 Å². The minimum atomic E-state index is -0.895. The van der Waals surface area contributed by atoms with E-state index in [-0.39, 0.29) is 12.5 Å². The first-order chi connectivity index (χ1) is 11.1. The standard InChI is InChI=1S/C15H17ClN4O3/c16-11-3-1-2-10(8-11)13-19-12(23-20-13)9-18-14(21)15(17)4-6-22-7-5-15/h1-3,8H,4-7,9,17H2,(H,18,21). The molecule has 2 heterocycles. The van der Waals surface area contributed by atoms with Crippen LogP contribution < -0.4 is 11.1 Å². The monoisotopic (exact) mass is 336 g/mol. The summed E-state index contributed by atoms with van der Waals surface area (Å²) in [6.45, 7) is 1.11. The average Bonchev–Trinajstić information content (AvgIpc) is 3.02. The van der Waals surface area contributed by atoms with Crippen molar-refractivity contribution in [3.63, 3.8) is 0 Å². The molecule has 1 aromatic heterocycles. The number of ether oxygens (including phenoxy) is 1. The van der Waals surface area contributed by atoms with Gasteiger partial charge >= 0.3 is 0 Å². The highest BCUT2D eigenvalue weighted by molar-refractivity contribution is 6.30. The van der Waals surface area contributed by atoms with E-state index in [1.807, 2.05) is 6.07 Å². The summed E-state index contributed by atoms with van der Waals surface area (Å²) in [5.41, 5.74) is 5.96. The van der Waals surface area contributed by atoms with Crippen molar-refractivity contribution in [1.29, 1.82) is 0 Å². The van der Waals surface area contributed by atoms with E-state index in [4.69, 9.17) is 26.6 Å². The molecule has 0 bridgehead atoms. The SMILES string of the molecule is NC1(C(=O)NCc2nc(-c3cccc(Cl)c3)no2)CCOCC1. The minimum Gasteiger partial charge on any atom is -0.381 e. The highest BCUT2D eigenvalue weighted by atomic mass is 35.5. The van der Waals surface area contributed by atoms with Gasteiger partial charge in [-0.1, -0.05) is 28.9 Å². The third-order valence-electron chi connectivity index (χ3n) is 3.79. The van der Waals surface area contributed by atoms with Crippen molar-refractivity contribution >= 4 is 17.5 Å². The fourth-order valence-corrected chi connectivity index (χ4v) is 2.56. The highest BCUT2D eigenvalue weighted by Gasteiger charge is 2.35. The number of hydrogen-bond donors (Lipinski definition) is 2. The molecule has 0 atom stereocenters. The van der Waals surface area contributed by atoms with Crippen molar-refractivity contribution < 1.29 is 14.1 Å². The smallest absolute Gasteiger partial charge is 0.246 e. The van der Waals surface area contributed by atoms with Crippen molar-refractivity contribution in [1.82, 2.24) is 15.5 Å². The van der Waals surface area contributed by atoms with Crippen LogP contribution in [-0.2, 0) is 16.1 Å². The molecule has 2 aromatic rings. The number of amides is 1. The summed E-state index contributed by atoms with van der Waals surface area (Å²) in [6, 6.07) is 7.14. The molecule has 23 heavy (non-hydrogen) atoms. The quantitative estimate of drug-likeness (QED) is 0.877. The first-order valence-corrected chi connectivity index (χ1v) is 7.68. The lowest BCUT2D eigenvalue weighted by Gasteiger charge is -2.31. The van der Waals surface area contributed by atoms with Gasteiger partial charge in [0, 0.05) is 23.8 Å². The second-order valence-electron chi connectivity index (χ2n) is 5.47. The molecule has 3 rings (SSSR count). The summed E-state index contributed by atoms with van der Waals surface area (Å²) in [7, 11) is 0. The molecule has 1 aliphatic heterocycles. The number of carbonyl (C=O) groups excluding carboxylic acids is 1. The lowest BCUT2D eigenvalue weighted by molar-refractivity contribution is -0.130. The Morgan fingerprint density at radius 3 is 2.91 bits per heavy atom. The molecule has 1 amide bonds. The van der Waals surface area contributed by atoms with Crippen LogP contribution in [0.1, 0.15) is 18.7 Å². The normalized spacial score (nSPS) is 17.0. The zero-order chi connectivity index (χ0) is 16.3. The van der Waals surface area contributed by atoms with E-state index in [0.717, 1.165) is 5.56 Å². The molecule has 8 heteroatoms. The van der Waals surface area contributed by atoms with Crippen LogP contribution in [0.3, 0.4) is 0 Å². The number of benzene rings is 1. The van der Waals surface area contributed by atoms with Crippen LogP contribution in [0.15, 0.2) is 28.8 Å². The molecule has 0 spiro atoms. The number of halogens is 1. The second kappa shape index (κ2) is 6.66. The van der Waals surface area contributed by atoms with Gasteiger partial charge in [0.1, 0.15) is 0 Å². The molecular weight excluding hydrogens is 320 g/mol. The first kappa shape index (κ1) is 15.9. The summed E-state index contributed by atoms with van der Waals surface area (Å²) < 4.78 is 10.4. The van der Waals surface area contributed by atoms with E-state index >= 15 is 0 Å². The van der Waals surface area contributed by atoms with E-state index in [1.165, 1.54) is 0 Å². The van der Waals surface area contributed by atoms with E-state index in [2.05, 4.69) is 15.5 Å². The van der Waals surface area contributed by atoms with E-state index in [9.17, 15) is 4.79 Å². The molecule has 0 aliphatic carbocycles. The van der Waals surface area contributed by atoms with Gasteiger partial charge in [-0.3, -0.25) is 4.79 Å². The molecule has 3 N–H and O–H groups in total. The Morgan fingerprint density at radius 1 is 1.39 bits per heavy atom. The highest BCUT2D eigenvalue weighted by Crippen LogP contribution is 2.20. The van der Waals surface area contributed by atoms with Gasteiger partial charge in [0.05, 0.1) is 12.1 Å². The average molecular weight is 337 g/mol. The van der Waals surface area contributed by atoms with Crippen molar-refractivity contribution in [3.05, 3.63) is 35.2 Å².